The van der Waals surface area contributed by atoms with Gasteiger partial charge in [0.05, 0.1) is 0 Å². The van der Waals surface area contributed by atoms with Crippen molar-refractivity contribution in [1.82, 2.24) is 15.2 Å². The maximum Gasteiger partial charge on any atom is 0.240 e. The number of rotatable bonds is 6. The average Bonchev–Trinajstić information content (AvgIpc) is 2.79. The highest BCUT2D eigenvalue weighted by atomic mass is 16.2. The maximum atomic E-state index is 11.9. The molecule has 1 aromatic carbocycles. The topological polar surface area (TPSA) is 46.1 Å². The van der Waals surface area contributed by atoms with E-state index in [9.17, 15) is 4.79 Å². The van der Waals surface area contributed by atoms with Crippen molar-refractivity contribution in [2.45, 2.75) is 39.9 Å². The lowest BCUT2D eigenvalue weighted by Gasteiger charge is -2.10. The van der Waals surface area contributed by atoms with Gasteiger partial charge in [0.15, 0.2) is 0 Å². The largest absolute Gasteiger partial charge is 0.352 e. The summed E-state index contributed by atoms with van der Waals surface area (Å²) in [5, 5.41) is 7.48. The summed E-state index contributed by atoms with van der Waals surface area (Å²) in [6.07, 6.45) is 1.99. The normalized spacial score (nSPS) is 11.2. The van der Waals surface area contributed by atoms with Crippen molar-refractivity contribution in [3.63, 3.8) is 0 Å². The molecule has 0 atom stereocenters. The molecular formula is C16H23N3O. The van der Waals surface area contributed by atoms with Crippen molar-refractivity contribution in [3.05, 3.63) is 36.0 Å². The van der Waals surface area contributed by atoms with E-state index in [1.54, 1.807) is 0 Å². The number of hydrogen-bond acceptors (Lipinski definition) is 2. The summed E-state index contributed by atoms with van der Waals surface area (Å²) in [6.45, 7) is 8.22. The molecule has 0 spiro atoms. The first-order valence-corrected chi connectivity index (χ1v) is 7.18. The zero-order valence-corrected chi connectivity index (χ0v) is 12.4. The number of nitrogens with one attached hydrogen (secondary N) is 2. The molecule has 1 heterocycles. The summed E-state index contributed by atoms with van der Waals surface area (Å²) in [5.41, 5.74) is 2.38. The summed E-state index contributed by atoms with van der Waals surface area (Å²) < 4.78 is 2.00. The molecule has 4 nitrogen and oxygen atoms in total. The third-order valence-electron chi connectivity index (χ3n) is 3.23. The standard InChI is InChI=1S/C16H23N3O/c1-4-17-10-13-6-5-7-15-14(13)8-9-19(15)11-16(20)18-12(2)3/h5-9,12,17H,4,10-11H2,1-3H3,(H,18,20). The summed E-state index contributed by atoms with van der Waals surface area (Å²) in [5.74, 6) is 0.0505. The first-order valence-electron chi connectivity index (χ1n) is 7.18. The molecular weight excluding hydrogens is 250 g/mol. The van der Waals surface area contributed by atoms with Gasteiger partial charge in [-0.15, -0.1) is 0 Å². The van der Waals surface area contributed by atoms with Crippen LogP contribution in [-0.2, 0) is 17.9 Å². The van der Waals surface area contributed by atoms with Gasteiger partial charge >= 0.3 is 0 Å². The minimum absolute atomic E-state index is 0.0505. The van der Waals surface area contributed by atoms with Crippen LogP contribution < -0.4 is 10.6 Å². The van der Waals surface area contributed by atoms with Crippen molar-refractivity contribution in [2.24, 2.45) is 0 Å². The van der Waals surface area contributed by atoms with Crippen LogP contribution in [0.15, 0.2) is 30.5 Å². The van der Waals surface area contributed by atoms with Crippen LogP contribution >= 0.6 is 0 Å². The van der Waals surface area contributed by atoms with E-state index < -0.39 is 0 Å². The second-order valence-corrected chi connectivity index (χ2v) is 5.30. The van der Waals surface area contributed by atoms with Gasteiger partial charge in [0.25, 0.3) is 0 Å². The number of carbonyl (C=O) groups excluding carboxylic acids is 1. The highest BCUT2D eigenvalue weighted by molar-refractivity contribution is 5.85. The molecule has 0 bridgehead atoms. The minimum Gasteiger partial charge on any atom is -0.352 e. The Morgan fingerprint density at radius 2 is 2.10 bits per heavy atom. The first kappa shape index (κ1) is 14.6. The quantitative estimate of drug-likeness (QED) is 0.848. The van der Waals surface area contributed by atoms with E-state index in [1.807, 2.05) is 30.7 Å². The molecule has 4 heteroatoms. The number of amides is 1. The van der Waals surface area contributed by atoms with Crippen LogP contribution in [0.4, 0.5) is 0 Å². The van der Waals surface area contributed by atoms with Gasteiger partial charge in [-0.25, -0.2) is 0 Å². The molecule has 0 saturated heterocycles. The van der Waals surface area contributed by atoms with Crippen molar-refractivity contribution in [3.8, 4) is 0 Å². The molecule has 0 saturated carbocycles. The Hall–Kier alpha value is -1.81. The fraction of sp³-hybridized carbons (Fsp3) is 0.438. The lowest BCUT2D eigenvalue weighted by atomic mass is 10.1. The Bertz CT molecular complexity index is 586. The zero-order valence-electron chi connectivity index (χ0n) is 12.4. The Morgan fingerprint density at radius 3 is 2.80 bits per heavy atom. The predicted octanol–water partition coefficient (Wildman–Crippen LogP) is 2.28. The fourth-order valence-corrected chi connectivity index (χ4v) is 2.36. The molecule has 2 rings (SSSR count). The zero-order chi connectivity index (χ0) is 14.5. The number of hydrogen-bond donors (Lipinski definition) is 2. The molecule has 0 radical (unpaired) electrons. The summed E-state index contributed by atoms with van der Waals surface area (Å²) in [4.78, 5) is 11.9. The highest BCUT2D eigenvalue weighted by Gasteiger charge is 2.09. The van der Waals surface area contributed by atoms with Crippen LogP contribution in [0, 0.1) is 0 Å². The number of nitrogens with zero attached hydrogens (tertiary/aromatic N) is 1. The van der Waals surface area contributed by atoms with E-state index in [4.69, 9.17) is 0 Å². The number of fused-ring (bicyclic) bond motifs is 1. The van der Waals surface area contributed by atoms with Gasteiger partial charge < -0.3 is 15.2 Å². The summed E-state index contributed by atoms with van der Waals surface area (Å²) in [6, 6.07) is 8.50. The van der Waals surface area contributed by atoms with Crippen molar-refractivity contribution >= 4 is 16.8 Å². The van der Waals surface area contributed by atoms with Crippen LogP contribution in [0.3, 0.4) is 0 Å². The maximum absolute atomic E-state index is 11.9. The Kier molecular flexibility index (Phi) is 4.79. The third kappa shape index (κ3) is 3.39. The van der Waals surface area contributed by atoms with E-state index in [1.165, 1.54) is 10.9 Å². The molecule has 1 amide bonds. The number of aromatic nitrogens is 1. The number of benzene rings is 1. The minimum atomic E-state index is 0.0505. The Balaban J connectivity index is 2.21. The lowest BCUT2D eigenvalue weighted by Crippen LogP contribution is -2.32. The average molecular weight is 273 g/mol. The van der Waals surface area contributed by atoms with Gasteiger partial charge in [0.1, 0.15) is 6.54 Å². The highest BCUT2D eigenvalue weighted by Crippen LogP contribution is 2.20. The fourth-order valence-electron chi connectivity index (χ4n) is 2.36. The lowest BCUT2D eigenvalue weighted by molar-refractivity contribution is -0.122. The van der Waals surface area contributed by atoms with Crippen LogP contribution in [0.1, 0.15) is 26.3 Å². The van der Waals surface area contributed by atoms with Crippen molar-refractivity contribution < 1.29 is 4.79 Å². The summed E-state index contributed by atoms with van der Waals surface area (Å²) >= 11 is 0. The summed E-state index contributed by atoms with van der Waals surface area (Å²) in [7, 11) is 0. The number of carbonyl (C=O) groups is 1. The molecule has 0 fully saturated rings. The van der Waals surface area contributed by atoms with Crippen LogP contribution in [-0.4, -0.2) is 23.1 Å². The molecule has 0 aliphatic heterocycles. The monoisotopic (exact) mass is 273 g/mol. The van der Waals surface area contributed by atoms with Crippen molar-refractivity contribution in [1.29, 1.82) is 0 Å². The van der Waals surface area contributed by atoms with Crippen LogP contribution in [0.25, 0.3) is 10.9 Å². The van der Waals surface area contributed by atoms with E-state index in [0.29, 0.717) is 6.54 Å². The van der Waals surface area contributed by atoms with Gasteiger partial charge in [-0.3, -0.25) is 4.79 Å². The van der Waals surface area contributed by atoms with E-state index >= 15 is 0 Å². The van der Waals surface area contributed by atoms with Gasteiger partial charge in [0.2, 0.25) is 5.91 Å². The van der Waals surface area contributed by atoms with Crippen LogP contribution in [0.2, 0.25) is 0 Å². The Labute approximate surface area is 120 Å². The molecule has 108 valence electrons. The molecule has 0 aliphatic carbocycles. The molecule has 0 unspecified atom stereocenters. The van der Waals surface area contributed by atoms with Crippen LogP contribution in [0.5, 0.6) is 0 Å². The van der Waals surface area contributed by atoms with E-state index in [-0.39, 0.29) is 11.9 Å². The van der Waals surface area contributed by atoms with E-state index in [0.717, 1.165) is 18.6 Å². The smallest absolute Gasteiger partial charge is 0.240 e. The Morgan fingerprint density at radius 1 is 1.30 bits per heavy atom. The molecule has 2 N–H and O–H groups in total. The predicted molar refractivity (Wildman–Crippen MR) is 82.6 cm³/mol. The SMILES string of the molecule is CCNCc1cccc2c1ccn2CC(=O)NC(C)C. The second-order valence-electron chi connectivity index (χ2n) is 5.30. The molecule has 1 aromatic heterocycles. The van der Waals surface area contributed by atoms with Crippen molar-refractivity contribution in [2.75, 3.05) is 6.54 Å². The van der Waals surface area contributed by atoms with Gasteiger partial charge in [-0.05, 0) is 38.1 Å². The second kappa shape index (κ2) is 6.57. The van der Waals surface area contributed by atoms with Gasteiger partial charge in [-0.1, -0.05) is 19.1 Å². The molecule has 20 heavy (non-hydrogen) atoms. The first-order chi connectivity index (χ1) is 9.61. The van der Waals surface area contributed by atoms with Gasteiger partial charge in [-0.2, -0.15) is 0 Å². The molecule has 0 aliphatic rings. The van der Waals surface area contributed by atoms with Gasteiger partial charge in [0, 0.05) is 29.7 Å². The third-order valence-corrected chi connectivity index (χ3v) is 3.23. The van der Waals surface area contributed by atoms with E-state index in [2.05, 4.69) is 35.8 Å². The molecule has 2 aromatic rings.